The van der Waals surface area contributed by atoms with Crippen LogP contribution in [0.2, 0.25) is 0 Å². The average molecular weight is 380 g/mol. The molecule has 9 heteroatoms. The third kappa shape index (κ3) is 4.80. The maximum Gasteiger partial charge on any atom is 0.456 e. The van der Waals surface area contributed by atoms with Crippen LogP contribution >= 0.6 is 7.60 Å². The predicted molar refractivity (Wildman–Crippen MR) is 81.9 cm³/mol. The summed E-state index contributed by atoms with van der Waals surface area (Å²) in [7, 11) is -4.28. The van der Waals surface area contributed by atoms with Gasteiger partial charge in [0.25, 0.3) is 0 Å². The van der Waals surface area contributed by atoms with E-state index in [0.29, 0.717) is 0 Å². The number of alkyl halides is 5. The molecule has 0 heterocycles. The van der Waals surface area contributed by atoms with E-state index in [-0.39, 0.29) is 5.75 Å². The minimum atomic E-state index is -5.89. The zero-order chi connectivity index (χ0) is 18.7. The zero-order valence-corrected chi connectivity index (χ0v) is 13.8. The second-order valence-electron chi connectivity index (χ2n) is 5.19. The lowest BCUT2D eigenvalue weighted by atomic mass is 10.0. The molecule has 2 rings (SSSR count). The van der Waals surface area contributed by atoms with Crippen LogP contribution in [0.1, 0.15) is 11.7 Å². The van der Waals surface area contributed by atoms with Crippen molar-refractivity contribution in [1.82, 2.24) is 0 Å². The van der Waals surface area contributed by atoms with Gasteiger partial charge in [-0.25, -0.2) is 4.57 Å². The van der Waals surface area contributed by atoms with Crippen LogP contribution in [0.25, 0.3) is 0 Å². The lowest BCUT2D eigenvalue weighted by Crippen LogP contribution is -2.43. The van der Waals surface area contributed by atoms with Gasteiger partial charge in [-0.3, -0.25) is 4.52 Å². The van der Waals surface area contributed by atoms with Crippen molar-refractivity contribution in [3.05, 3.63) is 66.2 Å². The summed E-state index contributed by atoms with van der Waals surface area (Å²) in [6.07, 6.45) is -8.70. The smallest absolute Gasteiger partial charge is 0.425 e. The summed E-state index contributed by atoms with van der Waals surface area (Å²) >= 11 is 0. The van der Waals surface area contributed by atoms with Crippen LogP contribution < -0.4 is 4.52 Å². The van der Waals surface area contributed by atoms with Crippen LogP contribution in [0.3, 0.4) is 0 Å². The Bertz CT molecular complexity index is 734. The fraction of sp³-hybridized carbons (Fsp3) is 0.250. The molecule has 0 spiro atoms. The summed E-state index contributed by atoms with van der Waals surface area (Å²) in [5.41, 5.74) is -0.469. The molecule has 0 bridgehead atoms. The van der Waals surface area contributed by atoms with Gasteiger partial charge >= 0.3 is 19.7 Å². The lowest BCUT2D eigenvalue weighted by molar-refractivity contribution is -0.311. The third-order valence-corrected chi connectivity index (χ3v) is 4.26. The lowest BCUT2D eigenvalue weighted by Gasteiger charge is -2.30. The first kappa shape index (κ1) is 19.4. The molecule has 0 aliphatic heterocycles. The summed E-state index contributed by atoms with van der Waals surface area (Å²) in [5.74, 6) is -5.24. The van der Waals surface area contributed by atoms with E-state index in [9.17, 15) is 26.5 Å². The molecule has 0 radical (unpaired) electrons. The fourth-order valence-corrected chi connectivity index (χ4v) is 3.18. The Morgan fingerprint density at radius 2 is 1.36 bits per heavy atom. The quantitative estimate of drug-likeness (QED) is 0.466. The molecular weight excluding hydrogens is 366 g/mol. The Labute approximate surface area is 140 Å². The van der Waals surface area contributed by atoms with Crippen molar-refractivity contribution in [3.8, 4) is 5.75 Å². The minimum absolute atomic E-state index is 0.0236. The summed E-state index contributed by atoms with van der Waals surface area (Å²) in [6, 6.07) is 13.5. The van der Waals surface area contributed by atoms with Crippen LogP contribution in [0.5, 0.6) is 5.75 Å². The van der Waals surface area contributed by atoms with E-state index >= 15 is 0 Å². The second kappa shape index (κ2) is 7.14. The highest BCUT2D eigenvalue weighted by Crippen LogP contribution is 2.55. The molecule has 0 unspecified atom stereocenters. The molecule has 2 atom stereocenters. The highest BCUT2D eigenvalue weighted by Gasteiger charge is 2.64. The van der Waals surface area contributed by atoms with E-state index in [1.54, 1.807) is 6.07 Å². The summed E-state index contributed by atoms with van der Waals surface area (Å²) < 4.78 is 88.4. The third-order valence-electron chi connectivity index (χ3n) is 3.12. The first-order chi connectivity index (χ1) is 11.5. The maximum atomic E-state index is 13.9. The Morgan fingerprint density at radius 3 is 1.84 bits per heavy atom. The van der Waals surface area contributed by atoms with E-state index in [4.69, 9.17) is 4.52 Å². The van der Waals surface area contributed by atoms with Crippen LogP contribution in [0.15, 0.2) is 60.7 Å². The van der Waals surface area contributed by atoms with Crippen molar-refractivity contribution in [2.24, 2.45) is 0 Å². The molecule has 0 aliphatic carbocycles. The predicted octanol–water partition coefficient (Wildman–Crippen LogP) is 5.84. The number of hydrogen-bond acceptors (Lipinski definition) is 3. The molecule has 0 fully saturated rings. The van der Waals surface area contributed by atoms with Gasteiger partial charge < -0.3 is 4.52 Å². The number of benzene rings is 2. The second-order valence-corrected chi connectivity index (χ2v) is 7.13. The Kier molecular flexibility index (Phi) is 5.54. The molecule has 0 amide bonds. The highest BCUT2D eigenvalue weighted by molar-refractivity contribution is 7.53. The highest BCUT2D eigenvalue weighted by atomic mass is 31.2. The molecule has 2 aromatic rings. The van der Waals surface area contributed by atoms with E-state index in [1.807, 2.05) is 0 Å². The van der Waals surface area contributed by atoms with Gasteiger partial charge in [-0.2, -0.15) is 22.0 Å². The molecular formula is C16H14F5O3P. The Hall–Kier alpha value is -1.92. The van der Waals surface area contributed by atoms with E-state index in [0.717, 1.165) is 18.8 Å². The van der Waals surface area contributed by atoms with Crippen molar-refractivity contribution in [2.45, 2.75) is 18.2 Å². The van der Waals surface area contributed by atoms with Crippen molar-refractivity contribution < 1.29 is 35.6 Å². The molecule has 2 aromatic carbocycles. The molecule has 25 heavy (non-hydrogen) atoms. The van der Waals surface area contributed by atoms with E-state index in [1.165, 1.54) is 42.5 Å². The zero-order valence-electron chi connectivity index (χ0n) is 12.9. The molecule has 0 saturated heterocycles. The van der Waals surface area contributed by atoms with Crippen LogP contribution in [0.4, 0.5) is 22.0 Å². The van der Waals surface area contributed by atoms with Gasteiger partial charge in [-0.05, 0) is 17.7 Å². The van der Waals surface area contributed by atoms with Gasteiger partial charge in [0.2, 0.25) is 0 Å². The summed E-state index contributed by atoms with van der Waals surface area (Å²) in [5, 5.41) is 0. The first-order valence-corrected chi connectivity index (χ1v) is 9.02. The van der Waals surface area contributed by atoms with Gasteiger partial charge in [0.15, 0.2) is 6.10 Å². The molecule has 0 aliphatic rings. The van der Waals surface area contributed by atoms with Crippen LogP contribution in [-0.4, -0.2) is 18.8 Å². The standard InChI is InChI=1S/C16H14F5O3P/c1-25(22,23-13-10-6-3-7-11-13)24-14(12-8-4-2-5-9-12)15(17,18)16(19,20)21/h2-11,14H,1H3/t14-,25-/m1/s1. The molecule has 0 saturated carbocycles. The first-order valence-electron chi connectivity index (χ1n) is 7.03. The fourth-order valence-electron chi connectivity index (χ4n) is 2.00. The van der Waals surface area contributed by atoms with Gasteiger partial charge in [0.1, 0.15) is 5.75 Å². The number of rotatable bonds is 6. The van der Waals surface area contributed by atoms with Crippen molar-refractivity contribution >= 4 is 7.60 Å². The number of hydrogen-bond donors (Lipinski definition) is 0. The Balaban J connectivity index is 2.35. The molecule has 3 nitrogen and oxygen atoms in total. The van der Waals surface area contributed by atoms with E-state index in [2.05, 4.69) is 4.52 Å². The van der Waals surface area contributed by atoms with Gasteiger partial charge in [0.05, 0.1) is 0 Å². The SMILES string of the molecule is C[P@@](=O)(Oc1ccccc1)O[C@H](c1ccccc1)C(F)(F)C(F)(F)F. The van der Waals surface area contributed by atoms with Crippen LogP contribution in [0, 0.1) is 0 Å². The van der Waals surface area contributed by atoms with E-state index < -0.39 is 31.4 Å². The average Bonchev–Trinajstić information content (AvgIpc) is 2.53. The van der Waals surface area contributed by atoms with Crippen LogP contribution in [-0.2, 0) is 9.09 Å². The minimum Gasteiger partial charge on any atom is -0.425 e. The van der Waals surface area contributed by atoms with Crippen molar-refractivity contribution in [3.63, 3.8) is 0 Å². The normalized spacial score (nSPS) is 16.1. The number of para-hydroxylation sites is 1. The topological polar surface area (TPSA) is 35.5 Å². The maximum absolute atomic E-state index is 13.9. The summed E-state index contributed by atoms with van der Waals surface area (Å²) in [4.78, 5) is 0. The molecule has 0 N–H and O–H groups in total. The molecule has 136 valence electrons. The Morgan fingerprint density at radius 1 is 0.880 bits per heavy atom. The van der Waals surface area contributed by atoms with Gasteiger partial charge in [-0.15, -0.1) is 0 Å². The van der Waals surface area contributed by atoms with Crippen molar-refractivity contribution in [2.75, 3.05) is 6.66 Å². The summed E-state index contributed by atoms with van der Waals surface area (Å²) in [6.45, 7) is 0.836. The van der Waals surface area contributed by atoms with Gasteiger partial charge in [-0.1, -0.05) is 48.5 Å². The molecule has 0 aromatic heterocycles. The van der Waals surface area contributed by atoms with Gasteiger partial charge in [0, 0.05) is 6.66 Å². The monoisotopic (exact) mass is 380 g/mol. The van der Waals surface area contributed by atoms with Crippen molar-refractivity contribution in [1.29, 1.82) is 0 Å². The number of halogens is 5. The largest absolute Gasteiger partial charge is 0.456 e.